The van der Waals surface area contributed by atoms with Gasteiger partial charge >= 0.3 is 0 Å². The molecule has 1 saturated heterocycles. The van der Waals surface area contributed by atoms with Crippen molar-refractivity contribution in [2.24, 2.45) is 0 Å². The molecule has 0 atom stereocenters. The lowest BCUT2D eigenvalue weighted by Gasteiger charge is -2.24. The zero-order valence-corrected chi connectivity index (χ0v) is 20.0. The number of ether oxygens (including phenoxy) is 5. The minimum atomic E-state index is 0.610. The Kier molecular flexibility index (Phi) is 11.5. The third-order valence-electron chi connectivity index (χ3n) is 5.66. The van der Waals surface area contributed by atoms with Crippen molar-refractivity contribution in [1.82, 2.24) is 9.80 Å². The normalized spacial score (nSPS) is 18.2. The highest BCUT2D eigenvalue weighted by Crippen LogP contribution is 2.15. The fraction of sp³-hybridized carbons (Fsp3) is 0.538. The van der Waals surface area contributed by atoms with E-state index in [9.17, 15) is 0 Å². The van der Waals surface area contributed by atoms with Gasteiger partial charge in [-0.3, -0.25) is 9.80 Å². The molecular weight excluding hydrogens is 420 g/mol. The summed E-state index contributed by atoms with van der Waals surface area (Å²) < 4.78 is 28.4. The van der Waals surface area contributed by atoms with Gasteiger partial charge in [-0.25, -0.2) is 0 Å². The fourth-order valence-corrected chi connectivity index (χ4v) is 3.80. The van der Waals surface area contributed by atoms with E-state index >= 15 is 0 Å². The van der Waals surface area contributed by atoms with Crippen molar-refractivity contribution in [3.05, 3.63) is 59.7 Å². The van der Waals surface area contributed by atoms with Crippen LogP contribution in [0, 0.1) is 0 Å². The van der Waals surface area contributed by atoms with Gasteiger partial charge in [0.05, 0.1) is 53.9 Å². The van der Waals surface area contributed by atoms with Crippen LogP contribution in [0.3, 0.4) is 0 Å². The number of hydrogen-bond acceptors (Lipinski definition) is 7. The molecule has 182 valence electrons. The topological polar surface area (TPSA) is 52.6 Å². The Bertz CT molecular complexity index is 738. The molecule has 0 aliphatic carbocycles. The Morgan fingerprint density at radius 1 is 0.606 bits per heavy atom. The van der Waals surface area contributed by atoms with E-state index in [0.717, 1.165) is 50.8 Å². The predicted octanol–water partition coefficient (Wildman–Crippen LogP) is 3.07. The van der Waals surface area contributed by atoms with Crippen molar-refractivity contribution >= 4 is 0 Å². The maximum Gasteiger partial charge on any atom is 0.119 e. The fourth-order valence-electron chi connectivity index (χ4n) is 3.80. The summed E-state index contributed by atoms with van der Waals surface area (Å²) in [6, 6.07) is 16.4. The van der Waals surface area contributed by atoms with Gasteiger partial charge in [0.2, 0.25) is 0 Å². The SMILES string of the molecule is COc1cccc(CN2CCOCCOCCN(Cc3cccc(OC)c3)CCOCC2)c1. The van der Waals surface area contributed by atoms with Gasteiger partial charge in [-0.15, -0.1) is 0 Å². The summed E-state index contributed by atoms with van der Waals surface area (Å²) in [5, 5.41) is 0. The van der Waals surface area contributed by atoms with E-state index in [1.165, 1.54) is 11.1 Å². The number of hydrogen-bond donors (Lipinski definition) is 0. The van der Waals surface area contributed by atoms with Crippen LogP contribution in [-0.2, 0) is 27.3 Å². The van der Waals surface area contributed by atoms with Crippen LogP contribution in [0.4, 0.5) is 0 Å². The van der Waals surface area contributed by atoms with Gasteiger partial charge in [-0.05, 0) is 35.4 Å². The number of benzene rings is 2. The van der Waals surface area contributed by atoms with Gasteiger partial charge in [0.1, 0.15) is 11.5 Å². The molecule has 7 nitrogen and oxygen atoms in total. The number of rotatable bonds is 6. The first kappa shape index (κ1) is 25.5. The van der Waals surface area contributed by atoms with E-state index in [1.807, 2.05) is 24.3 Å². The lowest BCUT2D eigenvalue weighted by molar-refractivity contribution is 0.0311. The molecule has 33 heavy (non-hydrogen) atoms. The highest BCUT2D eigenvalue weighted by molar-refractivity contribution is 5.29. The van der Waals surface area contributed by atoms with Crippen molar-refractivity contribution in [3.8, 4) is 11.5 Å². The molecule has 2 aromatic carbocycles. The third-order valence-corrected chi connectivity index (χ3v) is 5.66. The van der Waals surface area contributed by atoms with Crippen molar-refractivity contribution in [1.29, 1.82) is 0 Å². The Hall–Kier alpha value is -2.16. The number of methoxy groups -OCH3 is 2. The molecule has 1 heterocycles. The predicted molar refractivity (Wildman–Crippen MR) is 129 cm³/mol. The standard InChI is InChI=1S/C26H38N2O5/c1-29-25-7-3-5-23(19-25)21-27-9-13-31-14-10-28(12-16-33-18-17-32-15-11-27)22-24-6-4-8-26(20-24)30-2/h3-8,19-20H,9-18,21-22H2,1-2H3. The van der Waals surface area contributed by atoms with Gasteiger partial charge in [-0.1, -0.05) is 24.3 Å². The van der Waals surface area contributed by atoms with Crippen LogP contribution in [0.15, 0.2) is 48.5 Å². The smallest absolute Gasteiger partial charge is 0.119 e. The molecule has 7 heteroatoms. The molecule has 0 bridgehead atoms. The van der Waals surface area contributed by atoms with E-state index in [1.54, 1.807) is 14.2 Å². The average molecular weight is 459 g/mol. The highest BCUT2D eigenvalue weighted by atomic mass is 16.5. The first-order valence-electron chi connectivity index (χ1n) is 11.7. The first-order chi connectivity index (χ1) is 16.3. The molecule has 2 aromatic rings. The summed E-state index contributed by atoms with van der Waals surface area (Å²) in [5.41, 5.74) is 2.44. The zero-order valence-electron chi connectivity index (χ0n) is 20.0. The van der Waals surface area contributed by atoms with Gasteiger partial charge in [0, 0.05) is 39.3 Å². The summed E-state index contributed by atoms with van der Waals surface area (Å²) in [6.45, 7) is 9.03. The van der Waals surface area contributed by atoms with E-state index in [-0.39, 0.29) is 0 Å². The summed E-state index contributed by atoms with van der Waals surface area (Å²) in [4.78, 5) is 4.73. The Morgan fingerprint density at radius 2 is 1.00 bits per heavy atom. The minimum Gasteiger partial charge on any atom is -0.497 e. The molecule has 0 spiro atoms. The van der Waals surface area contributed by atoms with E-state index in [2.05, 4.69) is 34.1 Å². The second-order valence-corrected chi connectivity index (χ2v) is 8.09. The van der Waals surface area contributed by atoms with Crippen LogP contribution < -0.4 is 9.47 Å². The van der Waals surface area contributed by atoms with Gasteiger partial charge in [0.15, 0.2) is 0 Å². The summed E-state index contributed by atoms with van der Waals surface area (Å²) >= 11 is 0. The lowest BCUT2D eigenvalue weighted by atomic mass is 10.2. The molecule has 1 fully saturated rings. The van der Waals surface area contributed by atoms with Crippen LogP contribution in [0.5, 0.6) is 11.5 Å². The molecule has 0 unspecified atom stereocenters. The van der Waals surface area contributed by atoms with Crippen LogP contribution in [0.25, 0.3) is 0 Å². The molecule has 0 amide bonds. The molecule has 0 saturated carbocycles. The van der Waals surface area contributed by atoms with E-state index < -0.39 is 0 Å². The minimum absolute atomic E-state index is 0.610. The second kappa shape index (κ2) is 14.9. The van der Waals surface area contributed by atoms with Crippen LogP contribution in [0.1, 0.15) is 11.1 Å². The third kappa shape index (κ3) is 9.70. The molecule has 1 aliphatic rings. The monoisotopic (exact) mass is 458 g/mol. The van der Waals surface area contributed by atoms with Gasteiger partial charge in [-0.2, -0.15) is 0 Å². The van der Waals surface area contributed by atoms with E-state index in [4.69, 9.17) is 23.7 Å². The maximum absolute atomic E-state index is 6.02. The van der Waals surface area contributed by atoms with Crippen molar-refractivity contribution < 1.29 is 23.7 Å². The summed E-state index contributed by atoms with van der Waals surface area (Å²) in [6.07, 6.45) is 0. The van der Waals surface area contributed by atoms with Crippen molar-refractivity contribution in [3.63, 3.8) is 0 Å². The van der Waals surface area contributed by atoms with E-state index in [0.29, 0.717) is 39.6 Å². The zero-order chi connectivity index (χ0) is 23.1. The Balaban J connectivity index is 1.53. The maximum atomic E-state index is 6.02. The molecule has 0 aromatic heterocycles. The molecule has 1 aliphatic heterocycles. The number of nitrogens with zero attached hydrogens (tertiary/aromatic N) is 2. The molecular formula is C26H38N2O5. The van der Waals surface area contributed by atoms with Gasteiger partial charge in [0.25, 0.3) is 0 Å². The molecule has 3 rings (SSSR count). The van der Waals surface area contributed by atoms with Crippen LogP contribution in [-0.4, -0.2) is 89.8 Å². The highest BCUT2D eigenvalue weighted by Gasteiger charge is 2.10. The van der Waals surface area contributed by atoms with Gasteiger partial charge < -0.3 is 23.7 Å². The quantitative estimate of drug-likeness (QED) is 0.659. The van der Waals surface area contributed by atoms with Crippen molar-refractivity contribution in [2.75, 3.05) is 80.0 Å². The Morgan fingerprint density at radius 3 is 1.39 bits per heavy atom. The second-order valence-electron chi connectivity index (χ2n) is 8.09. The summed E-state index contributed by atoms with van der Waals surface area (Å²) in [5.74, 6) is 1.76. The lowest BCUT2D eigenvalue weighted by Crippen LogP contribution is -2.32. The van der Waals surface area contributed by atoms with Crippen molar-refractivity contribution in [2.45, 2.75) is 13.1 Å². The molecule has 0 radical (unpaired) electrons. The average Bonchev–Trinajstić information content (AvgIpc) is 2.85. The Labute approximate surface area is 198 Å². The summed E-state index contributed by atoms with van der Waals surface area (Å²) in [7, 11) is 3.40. The molecule has 0 N–H and O–H groups in total. The van der Waals surface area contributed by atoms with Crippen LogP contribution in [0.2, 0.25) is 0 Å². The first-order valence-corrected chi connectivity index (χ1v) is 11.7. The van der Waals surface area contributed by atoms with Crippen LogP contribution >= 0.6 is 0 Å². The largest absolute Gasteiger partial charge is 0.497 e.